The predicted octanol–water partition coefficient (Wildman–Crippen LogP) is 3.01. The Balaban J connectivity index is 2.02. The summed E-state index contributed by atoms with van der Waals surface area (Å²) < 4.78 is 26.0. The minimum Gasteiger partial charge on any atom is -0.507 e. The molecule has 0 unspecified atom stereocenters. The van der Waals surface area contributed by atoms with Crippen molar-refractivity contribution in [2.45, 2.75) is 39.3 Å². The van der Waals surface area contributed by atoms with Gasteiger partial charge in [0.15, 0.2) is 0 Å². The predicted molar refractivity (Wildman–Crippen MR) is 118 cm³/mol. The lowest BCUT2D eigenvalue weighted by Crippen LogP contribution is -2.42. The number of likely N-dealkylation sites (tertiary alicyclic amines) is 1. The van der Waals surface area contributed by atoms with Gasteiger partial charge in [-0.05, 0) is 63.5 Å². The maximum absolute atomic E-state index is 14.1. The summed E-state index contributed by atoms with van der Waals surface area (Å²) in [7, 11) is 1.56. The van der Waals surface area contributed by atoms with Crippen LogP contribution in [-0.4, -0.2) is 54.0 Å². The molecule has 1 N–H and O–H groups in total. The first-order valence-corrected chi connectivity index (χ1v) is 11.0. The first-order valence-electron chi connectivity index (χ1n) is 11.0. The third kappa shape index (κ3) is 5.19. The Hall–Kier alpha value is -2.71. The zero-order valence-electron chi connectivity index (χ0n) is 18.8. The summed E-state index contributed by atoms with van der Waals surface area (Å²) in [6.45, 7) is 5.58. The maximum Gasteiger partial charge on any atom is 0.309 e. The van der Waals surface area contributed by atoms with Crippen LogP contribution in [-0.2, 0) is 20.8 Å². The minimum atomic E-state index is -0.643. The van der Waals surface area contributed by atoms with Crippen molar-refractivity contribution in [1.29, 1.82) is 0 Å². The number of piperidine rings is 1. The molecular formula is C24H31FN2O5. The highest BCUT2D eigenvalue weighted by Crippen LogP contribution is 2.35. The van der Waals surface area contributed by atoms with E-state index in [1.807, 2.05) is 4.90 Å². The van der Waals surface area contributed by atoms with E-state index in [0.29, 0.717) is 56.9 Å². The number of hydrogen-bond donors (Lipinski definition) is 1. The Morgan fingerprint density at radius 1 is 1.28 bits per heavy atom. The van der Waals surface area contributed by atoms with Gasteiger partial charge in [-0.3, -0.25) is 14.5 Å². The highest BCUT2D eigenvalue weighted by Gasteiger charge is 2.34. The van der Waals surface area contributed by atoms with Crippen molar-refractivity contribution in [2.75, 3.05) is 33.4 Å². The summed E-state index contributed by atoms with van der Waals surface area (Å²) in [5.41, 5.74) is 1.06. The summed E-state index contributed by atoms with van der Waals surface area (Å²) in [5, 5.41) is 10.8. The van der Waals surface area contributed by atoms with Crippen LogP contribution in [0.1, 0.15) is 42.6 Å². The van der Waals surface area contributed by atoms with Crippen LogP contribution < -0.4 is 5.56 Å². The van der Waals surface area contributed by atoms with E-state index in [1.54, 1.807) is 43.7 Å². The van der Waals surface area contributed by atoms with Crippen LogP contribution in [0.5, 0.6) is 5.75 Å². The monoisotopic (exact) mass is 446 g/mol. The summed E-state index contributed by atoms with van der Waals surface area (Å²) in [6, 6.07) is 7.00. The molecule has 3 rings (SSSR count). The second-order valence-corrected chi connectivity index (χ2v) is 8.05. The average molecular weight is 447 g/mol. The van der Waals surface area contributed by atoms with Crippen molar-refractivity contribution in [3.8, 4) is 5.75 Å². The van der Waals surface area contributed by atoms with Crippen LogP contribution in [0.25, 0.3) is 0 Å². The fourth-order valence-electron chi connectivity index (χ4n) is 4.38. The second kappa shape index (κ2) is 10.7. The lowest BCUT2D eigenvalue weighted by Gasteiger charge is -2.37. The largest absolute Gasteiger partial charge is 0.507 e. The standard InChI is InChI=1S/C24H31FN2O5/c1-4-32-24(30)17-8-10-26(11-9-17)22(18-6-5-7-19(25)15-18)21-20(28)14-16(2)27(23(21)29)12-13-31-3/h5-7,14-15,17,22,28H,4,8-13H2,1-3H3/t22-/m1/s1. The van der Waals surface area contributed by atoms with Gasteiger partial charge in [-0.25, -0.2) is 4.39 Å². The smallest absolute Gasteiger partial charge is 0.309 e. The topological polar surface area (TPSA) is 81.0 Å². The number of nitrogens with zero attached hydrogens (tertiary/aromatic N) is 2. The number of rotatable bonds is 8. The molecule has 32 heavy (non-hydrogen) atoms. The van der Waals surface area contributed by atoms with Gasteiger partial charge in [0.2, 0.25) is 0 Å². The summed E-state index contributed by atoms with van der Waals surface area (Å²) in [6.07, 6.45) is 1.13. The van der Waals surface area contributed by atoms with Crippen LogP contribution in [0.4, 0.5) is 4.39 Å². The maximum atomic E-state index is 14.1. The zero-order chi connectivity index (χ0) is 23.3. The molecule has 0 saturated carbocycles. The molecule has 1 fully saturated rings. The van der Waals surface area contributed by atoms with Gasteiger partial charge in [0, 0.05) is 19.3 Å². The second-order valence-electron chi connectivity index (χ2n) is 8.05. The lowest BCUT2D eigenvalue weighted by atomic mass is 9.91. The van der Waals surface area contributed by atoms with Gasteiger partial charge >= 0.3 is 5.97 Å². The highest BCUT2D eigenvalue weighted by molar-refractivity contribution is 5.72. The van der Waals surface area contributed by atoms with E-state index in [1.165, 1.54) is 12.1 Å². The van der Waals surface area contributed by atoms with Crippen molar-refractivity contribution in [3.63, 3.8) is 0 Å². The van der Waals surface area contributed by atoms with Gasteiger partial charge in [0.25, 0.3) is 5.56 Å². The summed E-state index contributed by atoms with van der Waals surface area (Å²) in [4.78, 5) is 27.6. The number of ether oxygens (including phenoxy) is 2. The lowest BCUT2D eigenvalue weighted by molar-refractivity contribution is -0.149. The Morgan fingerprint density at radius 2 is 2.00 bits per heavy atom. The SMILES string of the molecule is CCOC(=O)C1CCN([C@H](c2cccc(F)c2)c2c(O)cc(C)n(CCOC)c2=O)CC1. The molecule has 2 heterocycles. The highest BCUT2D eigenvalue weighted by atomic mass is 19.1. The van der Waals surface area contributed by atoms with Gasteiger partial charge in [-0.1, -0.05) is 12.1 Å². The number of carbonyl (C=O) groups excluding carboxylic acids is 1. The van der Waals surface area contributed by atoms with Gasteiger partial charge in [0.1, 0.15) is 11.6 Å². The normalized spacial score (nSPS) is 16.1. The molecule has 0 spiro atoms. The first-order chi connectivity index (χ1) is 15.4. The molecule has 1 aliphatic heterocycles. The molecule has 8 heteroatoms. The number of aryl methyl sites for hydroxylation is 1. The van der Waals surface area contributed by atoms with Crippen LogP contribution in [0.3, 0.4) is 0 Å². The van der Waals surface area contributed by atoms with Crippen molar-refractivity contribution in [1.82, 2.24) is 9.47 Å². The van der Waals surface area contributed by atoms with E-state index >= 15 is 0 Å². The molecule has 0 radical (unpaired) electrons. The number of pyridine rings is 1. The molecule has 0 amide bonds. The quantitative estimate of drug-likeness (QED) is 0.628. The molecule has 1 atom stereocenters. The van der Waals surface area contributed by atoms with Crippen LogP contribution >= 0.6 is 0 Å². The molecule has 7 nitrogen and oxygen atoms in total. The third-order valence-electron chi connectivity index (χ3n) is 5.99. The number of aromatic nitrogens is 1. The Bertz CT molecular complexity index is 998. The van der Waals surface area contributed by atoms with E-state index in [-0.39, 0.29) is 28.8 Å². The van der Waals surface area contributed by atoms with Crippen LogP contribution in [0.2, 0.25) is 0 Å². The van der Waals surface area contributed by atoms with Crippen molar-refractivity contribution in [3.05, 3.63) is 63.3 Å². The summed E-state index contributed by atoms with van der Waals surface area (Å²) >= 11 is 0. The third-order valence-corrected chi connectivity index (χ3v) is 5.99. The Labute approximate surface area is 187 Å². The van der Waals surface area contributed by atoms with Crippen molar-refractivity contribution >= 4 is 5.97 Å². The number of aromatic hydroxyl groups is 1. The first kappa shape index (κ1) is 23.9. The minimum absolute atomic E-state index is 0.122. The number of carbonyl (C=O) groups is 1. The van der Waals surface area contributed by atoms with E-state index in [9.17, 15) is 19.1 Å². The van der Waals surface area contributed by atoms with Crippen molar-refractivity contribution < 1.29 is 23.8 Å². The fourth-order valence-corrected chi connectivity index (χ4v) is 4.38. The van der Waals surface area contributed by atoms with Gasteiger partial charge < -0.3 is 19.1 Å². The van der Waals surface area contributed by atoms with Crippen molar-refractivity contribution in [2.24, 2.45) is 5.92 Å². The fraction of sp³-hybridized carbons (Fsp3) is 0.500. The van der Waals surface area contributed by atoms with Gasteiger partial charge in [0.05, 0.1) is 30.7 Å². The zero-order valence-corrected chi connectivity index (χ0v) is 18.8. The molecule has 1 aromatic heterocycles. The number of methoxy groups -OCH3 is 1. The number of hydrogen-bond acceptors (Lipinski definition) is 6. The van der Waals surface area contributed by atoms with E-state index < -0.39 is 11.9 Å². The molecule has 0 aliphatic carbocycles. The number of halogens is 1. The van der Waals surface area contributed by atoms with Gasteiger partial charge in [-0.15, -0.1) is 0 Å². The van der Waals surface area contributed by atoms with Gasteiger partial charge in [-0.2, -0.15) is 0 Å². The van der Waals surface area contributed by atoms with Crippen LogP contribution in [0, 0.1) is 18.7 Å². The average Bonchev–Trinajstić information content (AvgIpc) is 2.77. The molecule has 2 aromatic rings. The number of esters is 1. The summed E-state index contributed by atoms with van der Waals surface area (Å²) in [5.74, 6) is -0.956. The molecule has 174 valence electrons. The van der Waals surface area contributed by atoms with E-state index in [4.69, 9.17) is 9.47 Å². The van der Waals surface area contributed by atoms with E-state index in [2.05, 4.69) is 0 Å². The molecular weight excluding hydrogens is 415 g/mol. The molecule has 0 bridgehead atoms. The number of benzene rings is 1. The molecule has 1 aliphatic rings. The Morgan fingerprint density at radius 3 is 2.62 bits per heavy atom. The Kier molecular flexibility index (Phi) is 8.04. The van der Waals surface area contributed by atoms with E-state index in [0.717, 1.165) is 0 Å². The molecule has 1 aromatic carbocycles. The van der Waals surface area contributed by atoms with Crippen LogP contribution in [0.15, 0.2) is 35.1 Å². The molecule has 1 saturated heterocycles.